The van der Waals surface area contributed by atoms with Gasteiger partial charge in [0.2, 0.25) is 0 Å². The van der Waals surface area contributed by atoms with E-state index in [1.54, 1.807) is 6.92 Å². The second kappa shape index (κ2) is 7.77. The number of hydrogen-bond acceptors (Lipinski definition) is 3. The van der Waals surface area contributed by atoms with E-state index >= 15 is 0 Å². The van der Waals surface area contributed by atoms with E-state index in [4.69, 9.17) is 4.74 Å². The van der Waals surface area contributed by atoms with E-state index in [9.17, 15) is 14.7 Å². The van der Waals surface area contributed by atoms with Gasteiger partial charge in [0, 0.05) is 4.47 Å². The minimum atomic E-state index is -0.904. The van der Waals surface area contributed by atoms with Crippen LogP contribution in [0.4, 0.5) is 4.79 Å². The second-order valence-corrected chi connectivity index (χ2v) is 8.55. The molecule has 138 valence electrons. The molecule has 1 aromatic rings. The Hall–Kier alpha value is -1.56. The summed E-state index contributed by atoms with van der Waals surface area (Å²) < 4.78 is 5.87. The molecular weight excluding hydrogens is 386 g/mol. The van der Waals surface area contributed by atoms with Crippen molar-refractivity contribution in [3.8, 4) is 0 Å². The molecule has 0 saturated carbocycles. The summed E-state index contributed by atoms with van der Waals surface area (Å²) in [5, 5.41) is 12.6. The first-order valence-corrected chi connectivity index (χ1v) is 9.37. The fourth-order valence-electron chi connectivity index (χ4n) is 3.25. The zero-order chi connectivity index (χ0) is 18.7. The number of aliphatic carboxylic acids is 1. The van der Waals surface area contributed by atoms with Crippen molar-refractivity contribution in [3.63, 3.8) is 0 Å². The van der Waals surface area contributed by atoms with E-state index in [1.807, 2.05) is 24.3 Å². The highest BCUT2D eigenvalue weighted by molar-refractivity contribution is 9.10. The van der Waals surface area contributed by atoms with Gasteiger partial charge < -0.3 is 15.2 Å². The van der Waals surface area contributed by atoms with Crippen LogP contribution in [0.25, 0.3) is 0 Å². The Bertz CT molecular complexity index is 646. The largest absolute Gasteiger partial charge is 0.481 e. The molecule has 0 radical (unpaired) electrons. The number of carbonyl (C=O) groups excluding carboxylic acids is 1. The first-order chi connectivity index (χ1) is 11.6. The number of hydrogen-bond donors (Lipinski definition) is 2. The highest BCUT2D eigenvalue weighted by atomic mass is 79.9. The number of rotatable bonds is 8. The van der Waals surface area contributed by atoms with Crippen LogP contribution >= 0.6 is 15.9 Å². The van der Waals surface area contributed by atoms with Crippen LogP contribution in [0.2, 0.25) is 0 Å². The van der Waals surface area contributed by atoms with Crippen molar-refractivity contribution in [2.45, 2.75) is 57.9 Å². The number of unbranched alkanes of at least 4 members (excludes halogenated alkanes) is 1. The number of carbonyl (C=O) groups is 2. The minimum Gasteiger partial charge on any atom is -0.481 e. The lowest BCUT2D eigenvalue weighted by Crippen LogP contribution is -2.40. The summed E-state index contributed by atoms with van der Waals surface area (Å²) in [4.78, 5) is 23.1. The molecule has 1 aromatic carbocycles. The lowest BCUT2D eigenvalue weighted by molar-refractivity contribution is -0.143. The number of ether oxygens (including phenoxy) is 1. The molecule has 0 bridgehead atoms. The van der Waals surface area contributed by atoms with E-state index in [0.717, 1.165) is 29.3 Å². The Morgan fingerprint density at radius 3 is 2.56 bits per heavy atom. The first-order valence-electron chi connectivity index (χ1n) is 8.58. The summed E-state index contributed by atoms with van der Waals surface area (Å²) in [7, 11) is 0. The maximum absolute atomic E-state index is 11.9. The number of alkyl carbamates (subject to hydrolysis) is 1. The minimum absolute atomic E-state index is 0.0101. The van der Waals surface area contributed by atoms with Crippen molar-refractivity contribution in [1.29, 1.82) is 0 Å². The summed E-state index contributed by atoms with van der Waals surface area (Å²) in [5.41, 5.74) is -0.176. The van der Waals surface area contributed by atoms with Crippen LogP contribution in [-0.2, 0) is 14.9 Å². The van der Waals surface area contributed by atoms with Crippen LogP contribution in [0, 0.1) is 5.41 Å². The quantitative estimate of drug-likeness (QED) is 0.617. The molecule has 2 N–H and O–H groups in total. The molecule has 6 heteroatoms. The predicted octanol–water partition coefficient (Wildman–Crippen LogP) is 4.49. The molecule has 1 aliphatic heterocycles. The molecule has 1 fully saturated rings. The van der Waals surface area contributed by atoms with E-state index in [2.05, 4.69) is 35.1 Å². The van der Waals surface area contributed by atoms with E-state index in [-0.39, 0.29) is 17.6 Å². The van der Waals surface area contributed by atoms with Gasteiger partial charge >= 0.3 is 12.1 Å². The molecule has 5 nitrogen and oxygen atoms in total. The molecule has 2 atom stereocenters. The van der Waals surface area contributed by atoms with Crippen LogP contribution < -0.4 is 5.32 Å². The molecule has 2 unspecified atom stereocenters. The third kappa shape index (κ3) is 4.75. The molecule has 1 amide bonds. The number of benzene rings is 1. The summed E-state index contributed by atoms with van der Waals surface area (Å²) in [6.07, 6.45) is 2.82. The monoisotopic (exact) mass is 411 g/mol. The van der Waals surface area contributed by atoms with Gasteiger partial charge in [-0.15, -0.1) is 0 Å². The van der Waals surface area contributed by atoms with Gasteiger partial charge in [0.1, 0.15) is 6.61 Å². The van der Waals surface area contributed by atoms with Crippen LogP contribution in [0.5, 0.6) is 0 Å². The Morgan fingerprint density at radius 1 is 1.32 bits per heavy atom. The Labute approximate surface area is 157 Å². The topological polar surface area (TPSA) is 75.6 Å². The second-order valence-electron chi connectivity index (χ2n) is 7.64. The molecule has 1 heterocycles. The van der Waals surface area contributed by atoms with Crippen LogP contribution in [-0.4, -0.2) is 29.8 Å². The van der Waals surface area contributed by atoms with E-state index in [1.165, 1.54) is 0 Å². The fraction of sp³-hybridized carbons (Fsp3) is 0.579. The van der Waals surface area contributed by atoms with Gasteiger partial charge in [0.05, 0.1) is 11.5 Å². The lowest BCUT2D eigenvalue weighted by atomic mass is 9.76. The van der Waals surface area contributed by atoms with Crippen molar-refractivity contribution >= 4 is 28.0 Å². The normalized spacial score (nSPS) is 19.8. The summed E-state index contributed by atoms with van der Waals surface area (Å²) >= 11 is 3.41. The first kappa shape index (κ1) is 19.8. The molecular formula is C19H26BrNO4. The zero-order valence-corrected chi connectivity index (χ0v) is 16.6. The van der Waals surface area contributed by atoms with Crippen LogP contribution in [0.15, 0.2) is 28.7 Å². The van der Waals surface area contributed by atoms with Gasteiger partial charge in [-0.2, -0.15) is 0 Å². The van der Waals surface area contributed by atoms with Gasteiger partial charge in [-0.25, -0.2) is 4.79 Å². The molecule has 0 aliphatic carbocycles. The molecule has 0 aromatic heterocycles. The van der Waals surface area contributed by atoms with Gasteiger partial charge in [0.25, 0.3) is 0 Å². The average molecular weight is 412 g/mol. The van der Waals surface area contributed by atoms with Crippen molar-refractivity contribution in [2.75, 3.05) is 6.61 Å². The number of halogens is 1. The Kier molecular flexibility index (Phi) is 6.14. The average Bonchev–Trinajstić information content (AvgIpc) is 2.98. The van der Waals surface area contributed by atoms with Gasteiger partial charge in [-0.05, 0) is 42.9 Å². The molecule has 2 rings (SSSR count). The van der Waals surface area contributed by atoms with Gasteiger partial charge in [-0.3, -0.25) is 4.79 Å². The highest BCUT2D eigenvalue weighted by Gasteiger charge is 2.37. The maximum Gasteiger partial charge on any atom is 0.407 e. The number of carboxylic acids is 1. The molecule has 1 aliphatic rings. The van der Waals surface area contributed by atoms with E-state index < -0.39 is 11.4 Å². The lowest BCUT2D eigenvalue weighted by Gasteiger charge is -2.31. The summed E-state index contributed by atoms with van der Waals surface area (Å²) in [6, 6.07) is 7.52. The number of carboxylic acid groups (broad SMARTS) is 1. The number of nitrogens with one attached hydrogen (secondary N) is 1. The Morgan fingerprint density at radius 2 is 2.00 bits per heavy atom. The number of cyclic esters (lactones) is 1. The third-order valence-corrected chi connectivity index (χ3v) is 5.79. The fourth-order valence-corrected chi connectivity index (χ4v) is 3.64. The van der Waals surface area contributed by atoms with Crippen LogP contribution in [0.3, 0.4) is 0 Å². The molecule has 0 spiro atoms. The number of amides is 1. The van der Waals surface area contributed by atoms with E-state index in [0.29, 0.717) is 13.0 Å². The molecule has 25 heavy (non-hydrogen) atoms. The van der Waals surface area contributed by atoms with Crippen molar-refractivity contribution in [1.82, 2.24) is 5.32 Å². The SMILES string of the molecule is CC(CCCCC(C)(C)C1COC(=O)N1)(C(=O)O)c1cccc(Br)c1. The summed E-state index contributed by atoms with van der Waals surface area (Å²) in [5.74, 6) is -0.804. The maximum atomic E-state index is 11.9. The molecule has 1 saturated heterocycles. The smallest absolute Gasteiger partial charge is 0.407 e. The zero-order valence-electron chi connectivity index (χ0n) is 15.0. The van der Waals surface area contributed by atoms with Crippen molar-refractivity contribution in [3.05, 3.63) is 34.3 Å². The third-order valence-electron chi connectivity index (χ3n) is 5.30. The standard InChI is InChI=1S/C19H26BrNO4/c1-18(2,15-12-25-17(24)21-15)9-4-5-10-19(3,16(22)23)13-7-6-8-14(20)11-13/h6-8,11,15H,4-5,9-10,12H2,1-3H3,(H,21,24)(H,22,23). The summed E-state index contributed by atoms with van der Waals surface area (Å²) in [6.45, 7) is 6.40. The van der Waals surface area contributed by atoms with Gasteiger partial charge in [-0.1, -0.05) is 54.8 Å². The predicted molar refractivity (Wildman–Crippen MR) is 99.7 cm³/mol. The van der Waals surface area contributed by atoms with Gasteiger partial charge in [0.15, 0.2) is 0 Å². The van der Waals surface area contributed by atoms with Crippen LogP contribution in [0.1, 0.15) is 52.0 Å². The van der Waals surface area contributed by atoms with Crippen molar-refractivity contribution in [2.24, 2.45) is 5.41 Å². The van der Waals surface area contributed by atoms with Crippen molar-refractivity contribution < 1.29 is 19.4 Å². The highest BCUT2D eigenvalue weighted by Crippen LogP contribution is 2.34. The Balaban J connectivity index is 1.94.